The van der Waals surface area contributed by atoms with E-state index in [4.69, 9.17) is 9.79 Å². The second kappa shape index (κ2) is 10.1. The summed E-state index contributed by atoms with van der Waals surface area (Å²) in [7, 11) is -5.73. The van der Waals surface area contributed by atoms with Crippen LogP contribution in [0.4, 0.5) is 8.78 Å². The molecule has 3 saturated heterocycles. The van der Waals surface area contributed by atoms with E-state index in [-0.39, 0.29) is 28.1 Å². The summed E-state index contributed by atoms with van der Waals surface area (Å²) in [5.74, 6) is -0.0193. The van der Waals surface area contributed by atoms with Crippen LogP contribution in [-0.4, -0.2) is 81.6 Å². The highest BCUT2D eigenvalue weighted by Gasteiger charge is 2.52. The van der Waals surface area contributed by atoms with Crippen molar-refractivity contribution in [1.82, 2.24) is 20.4 Å². The molecule has 14 heteroatoms. The Morgan fingerprint density at radius 3 is 2.52 bits per heavy atom. The van der Waals surface area contributed by atoms with Crippen molar-refractivity contribution in [3.63, 3.8) is 0 Å². The third kappa shape index (κ3) is 4.96. The molecular formula is C26H31F2N4O6PS. The highest BCUT2D eigenvalue weighted by atomic mass is 32.1. The SMILES string of the molecule is O=C(N[C@H]1C[C@@H]2C[C@@H]2C[C@H]2CC[C@@H](C(=O)N3CCNCC3)N2C1=O)c1cc2cc(C(F)(F)P(=O)(O)O)ccc2s1. The third-order valence-corrected chi connectivity index (χ3v) is 10.8. The predicted octanol–water partition coefficient (Wildman–Crippen LogP) is 2.45. The lowest BCUT2D eigenvalue weighted by Gasteiger charge is -2.37. The number of carbonyl (C=O) groups excluding carboxylic acids is 3. The minimum atomic E-state index is -5.73. The standard InChI is InChI=1S/C26H31F2N4O6PS/c27-26(28,39(36,37)38)17-1-4-21-16(10-17)13-22(40-21)23(33)30-19-12-15-9-14(15)11-18-2-3-20(32(18)24(19)34)25(35)31-7-5-29-6-8-31/h1,4,10,13-15,18-20,29H,2-3,5-9,11-12H2,(H,30,33)(H2,36,37,38)/t14-,15+,18-,19+,20+/m1/s1. The summed E-state index contributed by atoms with van der Waals surface area (Å²) in [6, 6.07) is 3.22. The zero-order valence-corrected chi connectivity index (χ0v) is 23.3. The number of piperazine rings is 1. The molecule has 40 heavy (non-hydrogen) atoms. The van der Waals surface area contributed by atoms with Gasteiger partial charge in [0.25, 0.3) is 5.91 Å². The van der Waals surface area contributed by atoms with E-state index >= 15 is 0 Å². The van der Waals surface area contributed by atoms with Gasteiger partial charge in [0.2, 0.25) is 11.8 Å². The third-order valence-electron chi connectivity index (χ3n) is 8.71. The molecule has 10 nitrogen and oxygen atoms in total. The van der Waals surface area contributed by atoms with Crippen LogP contribution in [0.1, 0.15) is 47.3 Å². The fraction of sp³-hybridized carbons (Fsp3) is 0.577. The van der Waals surface area contributed by atoms with Crippen LogP contribution >= 0.6 is 18.9 Å². The van der Waals surface area contributed by atoms with E-state index in [2.05, 4.69) is 10.6 Å². The first kappa shape index (κ1) is 27.7. The summed E-state index contributed by atoms with van der Waals surface area (Å²) >= 11 is 1.04. The molecule has 0 unspecified atom stereocenters. The fourth-order valence-electron chi connectivity index (χ4n) is 6.47. The average molecular weight is 597 g/mol. The Morgan fingerprint density at radius 2 is 1.80 bits per heavy atom. The number of amides is 3. The normalized spacial score (nSPS) is 29.0. The largest absolute Gasteiger partial charge is 0.399 e. The smallest absolute Gasteiger partial charge is 0.340 e. The monoisotopic (exact) mass is 596 g/mol. The van der Waals surface area contributed by atoms with Crippen LogP contribution in [0.2, 0.25) is 0 Å². The van der Waals surface area contributed by atoms with Gasteiger partial charge in [-0.05, 0) is 67.5 Å². The molecule has 6 rings (SSSR count). The van der Waals surface area contributed by atoms with Crippen molar-refractivity contribution in [2.24, 2.45) is 11.8 Å². The molecule has 3 aliphatic heterocycles. The predicted molar refractivity (Wildman–Crippen MR) is 143 cm³/mol. The molecule has 1 aromatic carbocycles. The van der Waals surface area contributed by atoms with Gasteiger partial charge in [-0.1, -0.05) is 6.07 Å². The minimum absolute atomic E-state index is 0.0301. The van der Waals surface area contributed by atoms with E-state index in [1.54, 1.807) is 4.90 Å². The number of hydrogen-bond donors (Lipinski definition) is 4. The summed E-state index contributed by atoms with van der Waals surface area (Å²) in [5, 5.41) is 6.34. The van der Waals surface area contributed by atoms with Gasteiger partial charge in [0, 0.05) is 42.5 Å². The molecule has 4 heterocycles. The van der Waals surface area contributed by atoms with Gasteiger partial charge in [0.15, 0.2) is 0 Å². The Kier molecular flexibility index (Phi) is 7.02. The van der Waals surface area contributed by atoms with E-state index in [0.717, 1.165) is 42.7 Å². The van der Waals surface area contributed by atoms with E-state index in [0.29, 0.717) is 55.6 Å². The number of nitrogens with one attached hydrogen (secondary N) is 2. The molecule has 3 amide bonds. The van der Waals surface area contributed by atoms with Crippen molar-refractivity contribution in [2.75, 3.05) is 26.2 Å². The van der Waals surface area contributed by atoms with Gasteiger partial charge in [0.05, 0.1) is 4.88 Å². The number of nitrogens with zero attached hydrogens (tertiary/aromatic N) is 2. The lowest BCUT2D eigenvalue weighted by atomic mass is 9.99. The number of benzene rings is 1. The Hall–Kier alpha value is -2.44. The molecule has 4 fully saturated rings. The summed E-state index contributed by atoms with van der Waals surface area (Å²) < 4.78 is 40.2. The van der Waals surface area contributed by atoms with Gasteiger partial charge < -0.3 is 30.2 Å². The van der Waals surface area contributed by atoms with Gasteiger partial charge in [-0.2, -0.15) is 8.78 Å². The lowest BCUT2D eigenvalue weighted by Crippen LogP contribution is -2.58. The first-order valence-corrected chi connectivity index (χ1v) is 16.0. The van der Waals surface area contributed by atoms with E-state index < -0.39 is 36.8 Å². The second-order valence-corrected chi connectivity index (χ2v) is 14.0. The van der Waals surface area contributed by atoms with Crippen molar-refractivity contribution in [1.29, 1.82) is 0 Å². The van der Waals surface area contributed by atoms with Crippen molar-refractivity contribution in [3.8, 4) is 0 Å². The molecule has 0 spiro atoms. The van der Waals surface area contributed by atoms with Gasteiger partial charge >= 0.3 is 13.3 Å². The van der Waals surface area contributed by atoms with Crippen LogP contribution in [0.25, 0.3) is 10.1 Å². The van der Waals surface area contributed by atoms with Crippen LogP contribution < -0.4 is 10.6 Å². The maximum Gasteiger partial charge on any atom is 0.399 e. The zero-order valence-electron chi connectivity index (χ0n) is 21.6. The van der Waals surface area contributed by atoms with Crippen molar-refractivity contribution in [2.45, 2.75) is 55.9 Å². The number of rotatable bonds is 5. The van der Waals surface area contributed by atoms with Crippen LogP contribution in [0.5, 0.6) is 0 Å². The average Bonchev–Trinajstić information content (AvgIpc) is 3.30. The van der Waals surface area contributed by atoms with Crippen LogP contribution in [-0.2, 0) is 19.8 Å². The van der Waals surface area contributed by atoms with Crippen LogP contribution in [0.15, 0.2) is 24.3 Å². The zero-order chi connectivity index (χ0) is 28.4. The number of thiophene rings is 1. The first-order valence-electron chi connectivity index (χ1n) is 13.5. The van der Waals surface area contributed by atoms with E-state index in [1.807, 2.05) is 4.90 Å². The molecule has 1 aliphatic carbocycles. The fourth-order valence-corrected chi connectivity index (χ4v) is 7.89. The van der Waals surface area contributed by atoms with E-state index in [9.17, 15) is 27.7 Å². The second-order valence-electron chi connectivity index (χ2n) is 11.3. The number of alkyl halides is 2. The Balaban J connectivity index is 1.22. The number of fused-ring (bicyclic) bond motifs is 3. The van der Waals surface area contributed by atoms with Gasteiger partial charge in [-0.15, -0.1) is 11.3 Å². The summed E-state index contributed by atoms with van der Waals surface area (Å²) in [6.07, 6.45) is 3.71. The Morgan fingerprint density at radius 1 is 1.07 bits per heavy atom. The molecule has 4 aliphatic rings. The molecular weight excluding hydrogens is 565 g/mol. The molecule has 0 radical (unpaired) electrons. The maximum absolute atomic E-state index is 14.2. The van der Waals surface area contributed by atoms with Crippen molar-refractivity contribution in [3.05, 3.63) is 34.7 Å². The quantitative estimate of drug-likeness (QED) is 0.389. The van der Waals surface area contributed by atoms with Gasteiger partial charge in [0.1, 0.15) is 12.1 Å². The van der Waals surface area contributed by atoms with Gasteiger partial charge in [-0.25, -0.2) is 0 Å². The molecule has 216 valence electrons. The van der Waals surface area contributed by atoms with Crippen LogP contribution in [0.3, 0.4) is 0 Å². The molecule has 1 aromatic heterocycles. The highest BCUT2D eigenvalue weighted by Crippen LogP contribution is 2.59. The van der Waals surface area contributed by atoms with E-state index in [1.165, 1.54) is 12.1 Å². The first-order chi connectivity index (χ1) is 18.9. The summed E-state index contributed by atoms with van der Waals surface area (Å²) in [5.41, 5.74) is -5.20. The minimum Gasteiger partial charge on any atom is -0.340 e. The van der Waals surface area contributed by atoms with Crippen LogP contribution in [0, 0.1) is 11.8 Å². The molecule has 4 N–H and O–H groups in total. The van der Waals surface area contributed by atoms with Crippen molar-refractivity contribution >= 4 is 46.7 Å². The number of carbonyl (C=O) groups is 3. The molecule has 1 saturated carbocycles. The molecule has 2 aromatic rings. The maximum atomic E-state index is 14.2. The molecule has 5 atom stereocenters. The molecule has 0 bridgehead atoms. The number of hydrogen-bond acceptors (Lipinski definition) is 6. The topological polar surface area (TPSA) is 139 Å². The number of halogens is 2. The summed E-state index contributed by atoms with van der Waals surface area (Å²) in [6.45, 7) is 2.62. The van der Waals surface area contributed by atoms with Crippen molar-refractivity contribution < 1.29 is 37.5 Å². The Labute approximate surface area is 233 Å². The highest BCUT2D eigenvalue weighted by molar-refractivity contribution is 7.52. The summed E-state index contributed by atoms with van der Waals surface area (Å²) in [4.78, 5) is 62.5. The Bertz CT molecular complexity index is 1410. The lowest BCUT2D eigenvalue weighted by molar-refractivity contribution is -0.147. The van der Waals surface area contributed by atoms with Gasteiger partial charge in [-0.3, -0.25) is 18.9 Å².